The highest BCUT2D eigenvalue weighted by Crippen LogP contribution is 2.22. The highest BCUT2D eigenvalue weighted by atomic mass is 16.6. The largest absolute Gasteiger partial charge is 0.450 e. The van der Waals surface area contributed by atoms with Gasteiger partial charge in [0.2, 0.25) is 0 Å². The highest BCUT2D eigenvalue weighted by molar-refractivity contribution is 6.01. The fourth-order valence-corrected chi connectivity index (χ4v) is 2.68. The van der Waals surface area contributed by atoms with Crippen LogP contribution >= 0.6 is 0 Å². The van der Waals surface area contributed by atoms with Crippen molar-refractivity contribution in [1.29, 1.82) is 0 Å². The fourth-order valence-electron chi connectivity index (χ4n) is 2.68. The molecule has 2 aromatic rings. The minimum absolute atomic E-state index is 0.154. The maximum absolute atomic E-state index is 12.4. The van der Waals surface area contributed by atoms with Crippen LogP contribution in [-0.2, 0) is 4.74 Å². The van der Waals surface area contributed by atoms with Gasteiger partial charge in [0.1, 0.15) is 0 Å². The molecule has 0 radical (unpaired) electrons. The lowest BCUT2D eigenvalue weighted by Gasteiger charge is -2.33. The third-order valence-corrected chi connectivity index (χ3v) is 3.92. The van der Waals surface area contributed by atoms with Gasteiger partial charge in [0.05, 0.1) is 12.3 Å². The van der Waals surface area contributed by atoms with Crippen molar-refractivity contribution < 1.29 is 14.3 Å². The zero-order valence-electron chi connectivity index (χ0n) is 13.0. The molecule has 7 nitrogen and oxygen atoms in total. The van der Waals surface area contributed by atoms with Gasteiger partial charge >= 0.3 is 12.1 Å². The average molecular weight is 316 g/mol. The summed E-state index contributed by atoms with van der Waals surface area (Å²) in [5, 5.41) is 3.90. The Bertz CT molecular complexity index is 704. The number of carbonyl (C=O) groups is 2. The summed E-state index contributed by atoms with van der Waals surface area (Å²) in [6, 6.07) is 7.64. The van der Waals surface area contributed by atoms with Gasteiger partial charge in [0.15, 0.2) is 0 Å². The molecule has 3 amide bonds. The van der Waals surface area contributed by atoms with E-state index >= 15 is 0 Å². The van der Waals surface area contributed by atoms with Crippen LogP contribution < -0.4 is 5.32 Å². The van der Waals surface area contributed by atoms with Crippen LogP contribution in [-0.4, -0.2) is 59.7 Å². The van der Waals surface area contributed by atoms with Crippen LogP contribution in [0.2, 0.25) is 0 Å². The number of anilines is 1. The number of amides is 3. The van der Waals surface area contributed by atoms with E-state index in [4.69, 9.17) is 4.74 Å². The van der Waals surface area contributed by atoms with Crippen LogP contribution in [0.25, 0.3) is 10.9 Å². The zero-order chi connectivity index (χ0) is 16.2. The van der Waals surface area contributed by atoms with Crippen molar-refractivity contribution in [2.75, 3.05) is 38.1 Å². The maximum atomic E-state index is 12.4. The number of nitrogens with zero attached hydrogens (tertiary/aromatic N) is 2. The van der Waals surface area contributed by atoms with Crippen molar-refractivity contribution in [3.8, 4) is 0 Å². The van der Waals surface area contributed by atoms with Crippen molar-refractivity contribution in [3.05, 3.63) is 30.5 Å². The minimum Gasteiger partial charge on any atom is -0.450 e. The number of nitrogens with one attached hydrogen (secondary N) is 2. The standard InChI is InChI=1S/C16H20N4O3/c1-2-23-16(22)20-9-7-19(8-10-20)15(21)18-14-11-17-13-6-4-3-5-12(13)14/h3-6,11,17H,2,7-10H2,1H3,(H,18,21). The summed E-state index contributed by atoms with van der Waals surface area (Å²) in [7, 11) is 0. The second-order valence-corrected chi connectivity index (χ2v) is 5.35. The number of aromatic amines is 1. The Hall–Kier alpha value is -2.70. The maximum Gasteiger partial charge on any atom is 0.409 e. The van der Waals surface area contributed by atoms with Crippen molar-refractivity contribution in [2.24, 2.45) is 0 Å². The normalized spacial score (nSPS) is 14.8. The molecule has 0 atom stereocenters. The van der Waals surface area contributed by atoms with Gasteiger partial charge in [-0.25, -0.2) is 9.59 Å². The van der Waals surface area contributed by atoms with Gasteiger partial charge in [-0.1, -0.05) is 18.2 Å². The molecule has 1 aliphatic heterocycles. The van der Waals surface area contributed by atoms with Gasteiger partial charge in [0.25, 0.3) is 0 Å². The molecular formula is C16H20N4O3. The number of para-hydroxylation sites is 1. The van der Waals surface area contributed by atoms with Gasteiger partial charge in [-0.05, 0) is 13.0 Å². The van der Waals surface area contributed by atoms with Crippen molar-refractivity contribution in [2.45, 2.75) is 6.92 Å². The number of ether oxygens (including phenoxy) is 1. The third-order valence-electron chi connectivity index (χ3n) is 3.92. The third kappa shape index (κ3) is 3.23. The summed E-state index contributed by atoms with van der Waals surface area (Å²) in [5.41, 5.74) is 1.74. The molecular weight excluding hydrogens is 296 g/mol. The quantitative estimate of drug-likeness (QED) is 0.893. The lowest BCUT2D eigenvalue weighted by Crippen LogP contribution is -2.51. The summed E-state index contributed by atoms with van der Waals surface area (Å²) in [6.45, 7) is 4.10. The van der Waals surface area contributed by atoms with Gasteiger partial charge in [-0.15, -0.1) is 0 Å². The first-order valence-corrected chi connectivity index (χ1v) is 7.72. The molecule has 0 unspecified atom stereocenters. The first kappa shape index (κ1) is 15.2. The summed E-state index contributed by atoms with van der Waals surface area (Å²) in [6.07, 6.45) is 1.47. The summed E-state index contributed by atoms with van der Waals surface area (Å²) in [5.74, 6) is 0. The summed E-state index contributed by atoms with van der Waals surface area (Å²) < 4.78 is 4.97. The molecule has 122 valence electrons. The predicted molar refractivity (Wildman–Crippen MR) is 87.5 cm³/mol. The number of fused-ring (bicyclic) bond motifs is 1. The monoisotopic (exact) mass is 316 g/mol. The van der Waals surface area contributed by atoms with E-state index in [1.807, 2.05) is 24.3 Å². The van der Waals surface area contributed by atoms with Crippen LogP contribution in [0, 0.1) is 0 Å². The van der Waals surface area contributed by atoms with E-state index in [1.54, 1.807) is 22.9 Å². The molecule has 1 aromatic carbocycles. The van der Waals surface area contributed by atoms with E-state index in [9.17, 15) is 9.59 Å². The predicted octanol–water partition coefficient (Wildman–Crippen LogP) is 2.47. The average Bonchev–Trinajstić information content (AvgIpc) is 2.98. The number of hydrogen-bond donors (Lipinski definition) is 2. The second-order valence-electron chi connectivity index (χ2n) is 5.35. The molecule has 7 heteroatoms. The Morgan fingerprint density at radius 2 is 1.87 bits per heavy atom. The number of benzene rings is 1. The van der Waals surface area contributed by atoms with Crippen molar-refractivity contribution in [1.82, 2.24) is 14.8 Å². The van der Waals surface area contributed by atoms with E-state index in [0.717, 1.165) is 16.6 Å². The first-order chi connectivity index (χ1) is 11.2. The molecule has 1 saturated heterocycles. The number of rotatable bonds is 2. The van der Waals surface area contributed by atoms with Gasteiger partial charge in [0, 0.05) is 43.3 Å². The number of H-pyrrole nitrogens is 1. The van der Waals surface area contributed by atoms with Crippen molar-refractivity contribution in [3.63, 3.8) is 0 Å². The Kier molecular flexibility index (Phi) is 4.36. The Morgan fingerprint density at radius 3 is 2.61 bits per heavy atom. The molecule has 0 saturated carbocycles. The molecule has 23 heavy (non-hydrogen) atoms. The van der Waals surface area contributed by atoms with Crippen LogP contribution in [0.4, 0.5) is 15.3 Å². The number of urea groups is 1. The van der Waals surface area contributed by atoms with Crippen LogP contribution in [0.3, 0.4) is 0 Å². The number of piperazine rings is 1. The van der Waals surface area contributed by atoms with Gasteiger partial charge in [-0.2, -0.15) is 0 Å². The fraction of sp³-hybridized carbons (Fsp3) is 0.375. The SMILES string of the molecule is CCOC(=O)N1CCN(C(=O)Nc2c[nH]c3ccccc23)CC1. The number of hydrogen-bond acceptors (Lipinski definition) is 3. The van der Waals surface area contributed by atoms with E-state index in [1.165, 1.54) is 0 Å². The molecule has 2 heterocycles. The van der Waals surface area contributed by atoms with E-state index < -0.39 is 0 Å². The van der Waals surface area contributed by atoms with Gasteiger partial charge < -0.3 is 24.8 Å². The molecule has 1 aliphatic rings. The van der Waals surface area contributed by atoms with Gasteiger partial charge in [-0.3, -0.25) is 0 Å². The van der Waals surface area contributed by atoms with E-state index in [-0.39, 0.29) is 12.1 Å². The van der Waals surface area contributed by atoms with E-state index in [2.05, 4.69) is 10.3 Å². The Balaban J connectivity index is 1.59. The molecule has 1 fully saturated rings. The van der Waals surface area contributed by atoms with Crippen LogP contribution in [0.1, 0.15) is 6.92 Å². The number of carbonyl (C=O) groups excluding carboxylic acids is 2. The molecule has 0 bridgehead atoms. The summed E-state index contributed by atoms with van der Waals surface area (Å²) in [4.78, 5) is 30.5. The molecule has 3 rings (SSSR count). The topological polar surface area (TPSA) is 77.7 Å². The second kappa shape index (κ2) is 6.60. The minimum atomic E-state index is -0.316. The molecule has 0 spiro atoms. The lowest BCUT2D eigenvalue weighted by molar-refractivity contribution is 0.0869. The lowest BCUT2D eigenvalue weighted by atomic mass is 10.2. The molecule has 0 aliphatic carbocycles. The Labute approximate surface area is 134 Å². The molecule has 1 aromatic heterocycles. The first-order valence-electron chi connectivity index (χ1n) is 7.72. The van der Waals surface area contributed by atoms with Crippen LogP contribution in [0.5, 0.6) is 0 Å². The zero-order valence-corrected chi connectivity index (χ0v) is 13.0. The smallest absolute Gasteiger partial charge is 0.409 e. The Morgan fingerprint density at radius 1 is 1.17 bits per heavy atom. The number of aromatic nitrogens is 1. The highest BCUT2D eigenvalue weighted by Gasteiger charge is 2.25. The summed E-state index contributed by atoms with van der Waals surface area (Å²) >= 11 is 0. The van der Waals surface area contributed by atoms with Crippen LogP contribution in [0.15, 0.2) is 30.5 Å². The molecule has 2 N–H and O–H groups in total. The van der Waals surface area contributed by atoms with E-state index in [0.29, 0.717) is 32.8 Å². The van der Waals surface area contributed by atoms with Crippen molar-refractivity contribution >= 4 is 28.7 Å².